The molecule has 0 radical (unpaired) electrons. The molecular formula is C27H27Cl2Zr. The van der Waals surface area contributed by atoms with Crippen molar-refractivity contribution in [3.05, 3.63) is 89.0 Å². The van der Waals surface area contributed by atoms with Gasteiger partial charge in [0, 0.05) is 0 Å². The van der Waals surface area contributed by atoms with Crippen LogP contribution in [0.4, 0.5) is 0 Å². The Bertz CT molecular complexity index is 1070. The van der Waals surface area contributed by atoms with Crippen molar-refractivity contribution in [1.29, 1.82) is 0 Å². The normalized spacial score (nSPS) is 15.3. The van der Waals surface area contributed by atoms with Gasteiger partial charge in [-0.05, 0) is 0 Å². The Balaban J connectivity index is 2.03. The summed E-state index contributed by atoms with van der Waals surface area (Å²) in [7, 11) is 13.4. The quantitative estimate of drug-likeness (QED) is 0.309. The van der Waals surface area contributed by atoms with Crippen LogP contribution in [0.1, 0.15) is 47.5 Å². The summed E-state index contributed by atoms with van der Waals surface area (Å²) in [4.78, 5) is 0. The zero-order valence-electron chi connectivity index (χ0n) is 17.8. The maximum atomic E-state index is 6.72. The molecule has 0 amide bonds. The molecule has 0 aliphatic heterocycles. The monoisotopic (exact) mass is 511 g/mol. The Morgan fingerprint density at radius 2 is 1.57 bits per heavy atom. The van der Waals surface area contributed by atoms with Gasteiger partial charge in [-0.15, -0.1) is 0 Å². The van der Waals surface area contributed by atoms with Gasteiger partial charge in [0.2, 0.25) is 0 Å². The summed E-state index contributed by atoms with van der Waals surface area (Å²) in [6.07, 6.45) is 4.48. The minimum absolute atomic E-state index is 0.255. The predicted octanol–water partition coefficient (Wildman–Crippen LogP) is 8.99. The number of fused-ring (bicyclic) bond motifs is 1. The van der Waals surface area contributed by atoms with Crippen LogP contribution in [-0.4, -0.2) is 0 Å². The summed E-state index contributed by atoms with van der Waals surface area (Å²) in [6.45, 7) is 6.78. The van der Waals surface area contributed by atoms with E-state index >= 15 is 0 Å². The zero-order chi connectivity index (χ0) is 21.3. The van der Waals surface area contributed by atoms with Crippen molar-refractivity contribution in [2.75, 3.05) is 0 Å². The van der Waals surface area contributed by atoms with Gasteiger partial charge >= 0.3 is 197 Å². The molecule has 0 fully saturated rings. The molecule has 3 aromatic rings. The molecule has 1 atom stereocenters. The molecule has 0 aromatic heterocycles. The van der Waals surface area contributed by atoms with Gasteiger partial charge < -0.3 is 0 Å². The Kier molecular flexibility index (Phi) is 7.03. The summed E-state index contributed by atoms with van der Waals surface area (Å²) < 4.78 is 0.255. The van der Waals surface area contributed by atoms with E-state index < -0.39 is 19.4 Å². The molecule has 0 nitrogen and oxygen atoms in total. The zero-order valence-corrected chi connectivity index (χ0v) is 21.7. The van der Waals surface area contributed by atoms with Crippen molar-refractivity contribution in [2.45, 2.75) is 37.2 Å². The predicted molar refractivity (Wildman–Crippen MR) is 129 cm³/mol. The van der Waals surface area contributed by atoms with E-state index in [2.05, 4.69) is 93.6 Å². The van der Waals surface area contributed by atoms with Crippen LogP contribution in [-0.2, 0) is 25.8 Å². The molecule has 0 spiro atoms. The topological polar surface area (TPSA) is 0 Å². The van der Waals surface area contributed by atoms with Crippen LogP contribution in [0.3, 0.4) is 0 Å². The van der Waals surface area contributed by atoms with Crippen LogP contribution in [0.25, 0.3) is 28.3 Å². The molecule has 3 heteroatoms. The van der Waals surface area contributed by atoms with Gasteiger partial charge in [-0.25, -0.2) is 0 Å². The molecule has 0 N–H and O–H groups in total. The Hall–Kier alpha value is -1.14. The maximum absolute atomic E-state index is 6.72. The third kappa shape index (κ3) is 4.27. The third-order valence-corrected chi connectivity index (χ3v) is 11.2. The van der Waals surface area contributed by atoms with Crippen molar-refractivity contribution < 1.29 is 19.4 Å². The first kappa shape index (κ1) is 22.1. The van der Waals surface area contributed by atoms with Gasteiger partial charge in [-0.1, -0.05) is 0 Å². The second kappa shape index (κ2) is 9.56. The molecule has 1 aliphatic carbocycles. The van der Waals surface area contributed by atoms with Crippen molar-refractivity contribution in [2.24, 2.45) is 5.92 Å². The van der Waals surface area contributed by atoms with Crippen LogP contribution in [0.2, 0.25) is 0 Å². The number of hydrogen-bond acceptors (Lipinski definition) is 0. The summed E-state index contributed by atoms with van der Waals surface area (Å²) >= 11 is -2.54. The average molecular weight is 514 g/mol. The summed E-state index contributed by atoms with van der Waals surface area (Å²) in [5.41, 5.74) is 10.7. The minimum atomic E-state index is -2.54. The van der Waals surface area contributed by atoms with E-state index in [-0.39, 0.29) is 3.63 Å². The Morgan fingerprint density at radius 1 is 0.867 bits per heavy atom. The molecule has 1 aliphatic rings. The van der Waals surface area contributed by atoms with Crippen LogP contribution < -0.4 is 0 Å². The van der Waals surface area contributed by atoms with E-state index in [1.165, 1.54) is 44.5 Å². The summed E-state index contributed by atoms with van der Waals surface area (Å²) in [5, 5.41) is 0. The van der Waals surface area contributed by atoms with Gasteiger partial charge in [0.05, 0.1) is 0 Å². The molecule has 4 rings (SSSR count). The first-order chi connectivity index (χ1) is 14.5. The number of rotatable bonds is 6. The molecule has 3 aromatic carbocycles. The van der Waals surface area contributed by atoms with E-state index in [1.807, 2.05) is 0 Å². The van der Waals surface area contributed by atoms with E-state index in [0.717, 1.165) is 12.8 Å². The molecule has 0 saturated carbocycles. The number of hydrogen-bond donors (Lipinski definition) is 0. The van der Waals surface area contributed by atoms with Gasteiger partial charge in [0.25, 0.3) is 0 Å². The van der Waals surface area contributed by atoms with Gasteiger partial charge in [-0.3, -0.25) is 0 Å². The fraction of sp³-hybridized carbons (Fsp3) is 0.259. The molecule has 1 unspecified atom stereocenters. The van der Waals surface area contributed by atoms with Crippen molar-refractivity contribution in [1.82, 2.24) is 0 Å². The number of benzene rings is 3. The molecule has 0 bridgehead atoms. The third-order valence-electron chi connectivity index (χ3n) is 5.91. The van der Waals surface area contributed by atoms with Gasteiger partial charge in [0.15, 0.2) is 0 Å². The van der Waals surface area contributed by atoms with E-state index in [4.69, 9.17) is 17.0 Å². The summed E-state index contributed by atoms with van der Waals surface area (Å²) in [5.74, 6) is 0.587. The second-order valence-electron chi connectivity index (χ2n) is 8.41. The first-order valence-electron chi connectivity index (χ1n) is 10.7. The Morgan fingerprint density at radius 3 is 2.23 bits per heavy atom. The van der Waals surface area contributed by atoms with Crippen LogP contribution in [0.15, 0.2) is 72.3 Å². The molecular weight excluding hydrogens is 486 g/mol. The molecule has 0 saturated heterocycles. The SMILES string of the molecule is CCc1ccccc1-c1c(-c2ccccc2)ccc2c1C=C(CC(C)C)[CH]2[Zr]([Cl])[Cl]. The average Bonchev–Trinajstić information content (AvgIpc) is 3.11. The van der Waals surface area contributed by atoms with Gasteiger partial charge in [-0.2, -0.15) is 0 Å². The van der Waals surface area contributed by atoms with Crippen molar-refractivity contribution in [3.63, 3.8) is 0 Å². The molecule has 30 heavy (non-hydrogen) atoms. The number of aryl methyl sites for hydroxylation is 1. The van der Waals surface area contributed by atoms with Crippen LogP contribution in [0, 0.1) is 5.92 Å². The second-order valence-corrected chi connectivity index (χ2v) is 17.2. The van der Waals surface area contributed by atoms with E-state index in [1.54, 1.807) is 0 Å². The number of allylic oxidation sites excluding steroid dienone is 1. The Labute approximate surface area is 195 Å². The molecule has 153 valence electrons. The van der Waals surface area contributed by atoms with Gasteiger partial charge in [0.1, 0.15) is 0 Å². The fourth-order valence-corrected chi connectivity index (χ4v) is 10.1. The first-order valence-corrected chi connectivity index (χ1v) is 18.4. The van der Waals surface area contributed by atoms with Crippen LogP contribution >= 0.6 is 17.0 Å². The fourth-order valence-electron chi connectivity index (χ4n) is 4.64. The number of halogens is 2. The van der Waals surface area contributed by atoms with Crippen LogP contribution in [0.5, 0.6) is 0 Å². The van der Waals surface area contributed by atoms with Crippen molar-refractivity contribution in [3.8, 4) is 22.3 Å². The standard InChI is InChI=1S/C27H27.2ClH.Zr/c1-4-21-10-8-9-13-24(21)27-25(22-11-6-5-7-12-22)15-14-23-17-20(16-19(2)3)18-26(23)27;;;/h5-15,17-19H,4,16H2,1-3H3;2*1H;/q;;;+2/p-2. The molecule has 0 heterocycles. The van der Waals surface area contributed by atoms with E-state index in [9.17, 15) is 0 Å². The summed E-state index contributed by atoms with van der Waals surface area (Å²) in [6, 6.07) is 24.1. The van der Waals surface area contributed by atoms with E-state index in [0.29, 0.717) is 5.92 Å². The van der Waals surface area contributed by atoms with Crippen molar-refractivity contribution >= 4 is 23.1 Å².